The van der Waals surface area contributed by atoms with Gasteiger partial charge in [0.1, 0.15) is 28.8 Å². The SMILES string of the molecule is CNC(=O)c1ccc(N2CCC(CN3CCC(c4nc5ccc(CNC(=O)c6ccc(OCCCN7CCCC(c8nc9ccccc9c(=O)[nH]8)C7)cn6)cc5c(=O)[nH]4)CC3)CC2)cn1. The number of nitrogens with zero attached hydrogens (tertiary/aromatic N) is 7. The van der Waals surface area contributed by atoms with E-state index in [-0.39, 0.29) is 47.0 Å². The maximum atomic E-state index is 13.3. The Kier molecular flexibility index (Phi) is 13.5. The summed E-state index contributed by atoms with van der Waals surface area (Å²) in [6.07, 6.45) is 10.3. The van der Waals surface area contributed by atoms with Gasteiger partial charge >= 0.3 is 0 Å². The molecule has 1 atom stereocenters. The fourth-order valence-electron chi connectivity index (χ4n) is 9.60. The minimum Gasteiger partial charge on any atom is -0.492 e. The number of rotatable bonds is 14. The molecule has 16 nitrogen and oxygen atoms in total. The lowest BCUT2D eigenvalue weighted by Gasteiger charge is -2.38. The summed E-state index contributed by atoms with van der Waals surface area (Å²) < 4.78 is 5.96. The number of carbonyl (C=O) groups is 2. The molecule has 3 saturated heterocycles. The second-order valence-corrected chi connectivity index (χ2v) is 17.7. The number of nitrogens with one attached hydrogen (secondary N) is 4. The van der Waals surface area contributed by atoms with Gasteiger partial charge in [0.15, 0.2) is 0 Å². The third kappa shape index (κ3) is 10.6. The lowest BCUT2D eigenvalue weighted by molar-refractivity contribution is 0.0942. The van der Waals surface area contributed by atoms with Gasteiger partial charge in [0.25, 0.3) is 22.9 Å². The van der Waals surface area contributed by atoms with Gasteiger partial charge in [-0.3, -0.25) is 19.2 Å². The van der Waals surface area contributed by atoms with Crippen molar-refractivity contribution in [2.45, 2.75) is 63.3 Å². The fourth-order valence-corrected chi connectivity index (χ4v) is 9.60. The molecule has 2 aromatic carbocycles. The number of H-pyrrole nitrogens is 2. The summed E-state index contributed by atoms with van der Waals surface area (Å²) in [6, 6.07) is 20.2. The Morgan fingerprint density at radius 3 is 2.22 bits per heavy atom. The number of anilines is 1. The van der Waals surface area contributed by atoms with E-state index in [2.05, 4.69) is 45.3 Å². The maximum Gasteiger partial charge on any atom is 0.270 e. The first-order valence-electron chi connectivity index (χ1n) is 23.0. The number of aromatic amines is 2. The number of aromatic nitrogens is 6. The van der Waals surface area contributed by atoms with Gasteiger partial charge in [0.05, 0.1) is 46.5 Å². The van der Waals surface area contributed by atoms with E-state index in [1.54, 1.807) is 49.8 Å². The number of carbonyl (C=O) groups excluding carboxylic acids is 2. The van der Waals surface area contributed by atoms with Crippen LogP contribution >= 0.6 is 0 Å². The summed E-state index contributed by atoms with van der Waals surface area (Å²) in [5.74, 6) is 2.62. The molecular weight excluding hydrogens is 823 g/mol. The number of pyridine rings is 2. The number of hydrogen-bond acceptors (Lipinski definition) is 12. The monoisotopic (exact) mass is 879 g/mol. The Labute approximate surface area is 377 Å². The molecule has 7 heterocycles. The van der Waals surface area contributed by atoms with E-state index in [1.807, 2.05) is 36.4 Å². The molecule has 338 valence electrons. The normalized spacial score (nSPS) is 17.9. The molecule has 0 aliphatic carbocycles. The lowest BCUT2D eigenvalue weighted by atomic mass is 9.92. The van der Waals surface area contributed by atoms with Gasteiger partial charge in [-0.2, -0.15) is 0 Å². The number of benzene rings is 2. The predicted molar refractivity (Wildman–Crippen MR) is 250 cm³/mol. The molecule has 3 aliphatic rings. The van der Waals surface area contributed by atoms with Crippen LogP contribution in [0.1, 0.15) is 95.0 Å². The zero-order valence-corrected chi connectivity index (χ0v) is 36.9. The number of para-hydroxylation sites is 1. The van der Waals surface area contributed by atoms with Crippen molar-refractivity contribution in [1.29, 1.82) is 0 Å². The molecule has 16 heteroatoms. The maximum absolute atomic E-state index is 13.3. The lowest BCUT2D eigenvalue weighted by Crippen LogP contribution is -2.41. The van der Waals surface area contributed by atoms with Gasteiger partial charge in [0.2, 0.25) is 0 Å². The van der Waals surface area contributed by atoms with Gasteiger partial charge in [-0.05, 0) is 125 Å². The van der Waals surface area contributed by atoms with Crippen molar-refractivity contribution in [2.75, 3.05) is 70.9 Å². The molecule has 4 aromatic heterocycles. The highest BCUT2D eigenvalue weighted by atomic mass is 16.5. The number of hydrogen-bond donors (Lipinski definition) is 4. The highest BCUT2D eigenvalue weighted by Gasteiger charge is 2.28. The molecule has 0 spiro atoms. The minimum absolute atomic E-state index is 0.0882. The Hall–Kier alpha value is -6.52. The zero-order chi connectivity index (χ0) is 44.7. The van der Waals surface area contributed by atoms with E-state index in [0.717, 1.165) is 126 Å². The molecule has 0 radical (unpaired) electrons. The highest BCUT2D eigenvalue weighted by Crippen LogP contribution is 2.30. The largest absolute Gasteiger partial charge is 0.492 e. The summed E-state index contributed by atoms with van der Waals surface area (Å²) in [7, 11) is 1.61. The van der Waals surface area contributed by atoms with Crippen LogP contribution in [0.4, 0.5) is 5.69 Å². The van der Waals surface area contributed by atoms with Crippen LogP contribution < -0.4 is 31.4 Å². The molecule has 0 saturated carbocycles. The summed E-state index contributed by atoms with van der Waals surface area (Å²) in [6.45, 7) is 8.41. The number of piperidine rings is 3. The van der Waals surface area contributed by atoms with E-state index in [4.69, 9.17) is 14.7 Å². The van der Waals surface area contributed by atoms with Gasteiger partial charge in [-0.1, -0.05) is 18.2 Å². The number of fused-ring (bicyclic) bond motifs is 2. The summed E-state index contributed by atoms with van der Waals surface area (Å²) >= 11 is 0. The van der Waals surface area contributed by atoms with Crippen molar-refractivity contribution in [3.05, 3.63) is 128 Å². The van der Waals surface area contributed by atoms with Crippen LogP contribution in [0.2, 0.25) is 0 Å². The van der Waals surface area contributed by atoms with E-state index in [1.165, 1.54) is 0 Å². The predicted octanol–water partition coefficient (Wildman–Crippen LogP) is 4.98. The summed E-state index contributed by atoms with van der Waals surface area (Å²) in [5.41, 5.74) is 3.69. The van der Waals surface area contributed by atoms with Crippen molar-refractivity contribution >= 4 is 39.3 Å². The third-order valence-electron chi connectivity index (χ3n) is 13.3. The highest BCUT2D eigenvalue weighted by molar-refractivity contribution is 5.92. The quantitative estimate of drug-likeness (QED) is 0.107. The van der Waals surface area contributed by atoms with Gasteiger partial charge in [-0.25, -0.2) is 19.9 Å². The standard InChI is InChI=1S/C49H57N11O5/c1-50-48(63)42-13-10-36(28-51-42)60-23-15-32(16-24-60)30-59-21-17-34(18-22-59)44-55-41-12-9-33(26-39(41)47(62)56-44)27-53-49(64)43-14-11-37(29-52-43)65-25-5-20-58-19-4-6-35(31-58)45-54-40-8-3-2-7-38(40)46(61)57-45/h2-3,7-14,26,28-29,32,34-35H,4-6,15-25,27,30-31H2,1H3,(H,50,63)(H,53,64)(H,54,57,61)(H,55,56,62). The first-order valence-corrected chi connectivity index (χ1v) is 23.0. The zero-order valence-electron chi connectivity index (χ0n) is 36.9. The Balaban J connectivity index is 0.690. The van der Waals surface area contributed by atoms with E-state index in [0.29, 0.717) is 40.3 Å². The molecule has 3 aliphatic heterocycles. The van der Waals surface area contributed by atoms with Crippen LogP contribution in [0.3, 0.4) is 0 Å². The van der Waals surface area contributed by atoms with Crippen LogP contribution in [0.15, 0.2) is 88.7 Å². The Bertz CT molecular complexity index is 2730. The van der Waals surface area contributed by atoms with Crippen LogP contribution in [-0.4, -0.2) is 118 Å². The summed E-state index contributed by atoms with van der Waals surface area (Å²) in [5, 5.41) is 6.65. The van der Waals surface area contributed by atoms with Gasteiger partial charge < -0.3 is 40.0 Å². The molecule has 0 bridgehead atoms. The summed E-state index contributed by atoms with van der Waals surface area (Å²) in [4.78, 5) is 82.6. The van der Waals surface area contributed by atoms with Crippen molar-refractivity contribution in [2.24, 2.45) is 5.92 Å². The van der Waals surface area contributed by atoms with Crippen molar-refractivity contribution in [1.82, 2.24) is 50.3 Å². The van der Waals surface area contributed by atoms with Gasteiger partial charge in [0, 0.05) is 58.2 Å². The van der Waals surface area contributed by atoms with Crippen LogP contribution in [0.5, 0.6) is 5.75 Å². The molecular formula is C49H57N11O5. The van der Waals surface area contributed by atoms with Crippen molar-refractivity contribution < 1.29 is 14.3 Å². The van der Waals surface area contributed by atoms with E-state index >= 15 is 0 Å². The molecule has 65 heavy (non-hydrogen) atoms. The smallest absolute Gasteiger partial charge is 0.270 e. The van der Waals surface area contributed by atoms with E-state index in [9.17, 15) is 19.2 Å². The number of likely N-dealkylation sites (tertiary alicyclic amines) is 2. The van der Waals surface area contributed by atoms with Crippen LogP contribution in [0, 0.1) is 5.92 Å². The average molecular weight is 880 g/mol. The van der Waals surface area contributed by atoms with Crippen LogP contribution in [0.25, 0.3) is 21.8 Å². The first kappa shape index (κ1) is 43.7. The van der Waals surface area contributed by atoms with Crippen LogP contribution in [-0.2, 0) is 6.54 Å². The molecule has 3 fully saturated rings. The Morgan fingerprint density at radius 2 is 1.46 bits per heavy atom. The second kappa shape index (κ2) is 20.1. The topological polar surface area (TPSA) is 194 Å². The molecule has 1 unspecified atom stereocenters. The minimum atomic E-state index is -0.318. The van der Waals surface area contributed by atoms with Crippen molar-refractivity contribution in [3.63, 3.8) is 0 Å². The molecule has 2 amide bonds. The first-order chi connectivity index (χ1) is 31.8. The fraction of sp³-hybridized carbons (Fsp3) is 0.429. The molecule has 6 aromatic rings. The van der Waals surface area contributed by atoms with Gasteiger partial charge in [-0.15, -0.1) is 0 Å². The third-order valence-corrected chi connectivity index (χ3v) is 13.3. The Morgan fingerprint density at radius 1 is 0.738 bits per heavy atom. The number of amides is 2. The van der Waals surface area contributed by atoms with Crippen molar-refractivity contribution in [3.8, 4) is 5.75 Å². The average Bonchev–Trinajstić information content (AvgIpc) is 3.35. The van der Waals surface area contributed by atoms with E-state index < -0.39 is 0 Å². The molecule has 4 N–H and O–H groups in total. The second-order valence-electron chi connectivity index (χ2n) is 17.7. The number of ether oxygens (including phenoxy) is 1. The molecule has 9 rings (SSSR count).